The van der Waals surface area contributed by atoms with E-state index in [-0.39, 0.29) is 23.5 Å². The van der Waals surface area contributed by atoms with Gasteiger partial charge in [-0.1, -0.05) is 18.2 Å². The SMILES string of the molecule is O=C(CCc1cccnc1)[C@@H]1[C@@H](C(=O)O)[C@H]2C=C[C@@H]1C2. The van der Waals surface area contributed by atoms with Gasteiger partial charge in [0.15, 0.2) is 0 Å². The predicted octanol–water partition coefficient (Wildman–Crippen LogP) is 2.11. The molecule has 104 valence electrons. The lowest BCUT2D eigenvalue weighted by Crippen LogP contribution is -2.33. The van der Waals surface area contributed by atoms with E-state index in [4.69, 9.17) is 0 Å². The van der Waals surface area contributed by atoms with Gasteiger partial charge in [0.25, 0.3) is 0 Å². The van der Waals surface area contributed by atoms with Crippen LogP contribution in [0.5, 0.6) is 0 Å². The van der Waals surface area contributed by atoms with Gasteiger partial charge in [0.1, 0.15) is 5.78 Å². The molecule has 4 atom stereocenters. The van der Waals surface area contributed by atoms with Crippen molar-refractivity contribution in [2.45, 2.75) is 19.3 Å². The number of carboxylic acids is 1. The van der Waals surface area contributed by atoms with Crippen LogP contribution in [0.1, 0.15) is 18.4 Å². The van der Waals surface area contributed by atoms with Gasteiger partial charge in [-0.15, -0.1) is 0 Å². The molecule has 2 aliphatic carbocycles. The number of carbonyl (C=O) groups excluding carboxylic acids is 1. The van der Waals surface area contributed by atoms with Crippen molar-refractivity contribution in [3.8, 4) is 0 Å². The minimum Gasteiger partial charge on any atom is -0.481 e. The van der Waals surface area contributed by atoms with Crippen molar-refractivity contribution >= 4 is 11.8 Å². The van der Waals surface area contributed by atoms with Gasteiger partial charge >= 0.3 is 5.97 Å². The summed E-state index contributed by atoms with van der Waals surface area (Å²) in [5.41, 5.74) is 1.02. The first-order valence-electron chi connectivity index (χ1n) is 6.99. The summed E-state index contributed by atoms with van der Waals surface area (Å²) in [6.07, 6.45) is 9.30. The van der Waals surface area contributed by atoms with Crippen molar-refractivity contribution in [2.24, 2.45) is 23.7 Å². The van der Waals surface area contributed by atoms with Crippen LogP contribution < -0.4 is 0 Å². The van der Waals surface area contributed by atoms with E-state index in [1.165, 1.54) is 0 Å². The first-order chi connectivity index (χ1) is 9.66. The highest BCUT2D eigenvalue weighted by Gasteiger charge is 2.50. The van der Waals surface area contributed by atoms with E-state index < -0.39 is 11.9 Å². The zero-order valence-electron chi connectivity index (χ0n) is 11.1. The molecule has 20 heavy (non-hydrogen) atoms. The van der Waals surface area contributed by atoms with Crippen LogP contribution in [0.2, 0.25) is 0 Å². The normalized spacial score (nSPS) is 30.6. The highest BCUT2D eigenvalue weighted by atomic mass is 16.4. The third-order valence-electron chi connectivity index (χ3n) is 4.50. The Balaban J connectivity index is 1.68. The summed E-state index contributed by atoms with van der Waals surface area (Å²) in [5, 5.41) is 9.34. The number of Topliss-reactive ketones (excluding diaryl/α,β-unsaturated/α-hetero) is 1. The number of ketones is 1. The Kier molecular flexibility index (Phi) is 3.38. The van der Waals surface area contributed by atoms with E-state index in [1.54, 1.807) is 12.4 Å². The molecule has 0 unspecified atom stereocenters. The Morgan fingerprint density at radius 3 is 2.65 bits per heavy atom. The van der Waals surface area contributed by atoms with Crippen LogP contribution >= 0.6 is 0 Å². The lowest BCUT2D eigenvalue weighted by molar-refractivity contribution is -0.147. The van der Waals surface area contributed by atoms with E-state index in [0.29, 0.717) is 12.8 Å². The quantitative estimate of drug-likeness (QED) is 0.833. The van der Waals surface area contributed by atoms with Crippen LogP contribution in [-0.2, 0) is 16.0 Å². The maximum absolute atomic E-state index is 12.4. The van der Waals surface area contributed by atoms with Crippen molar-refractivity contribution < 1.29 is 14.7 Å². The molecule has 1 fully saturated rings. The van der Waals surface area contributed by atoms with Crippen LogP contribution in [0.15, 0.2) is 36.7 Å². The summed E-state index contributed by atoms with van der Waals surface area (Å²) in [7, 11) is 0. The molecular weight excluding hydrogens is 254 g/mol. The number of fused-ring (bicyclic) bond motifs is 2. The Hall–Kier alpha value is -1.97. The zero-order chi connectivity index (χ0) is 14.1. The van der Waals surface area contributed by atoms with E-state index >= 15 is 0 Å². The fraction of sp³-hybridized carbons (Fsp3) is 0.438. The zero-order valence-corrected chi connectivity index (χ0v) is 11.1. The summed E-state index contributed by atoms with van der Waals surface area (Å²) in [6.45, 7) is 0. The molecule has 0 amide bonds. The van der Waals surface area contributed by atoms with Crippen molar-refractivity contribution in [1.29, 1.82) is 0 Å². The third kappa shape index (κ3) is 2.26. The second kappa shape index (κ2) is 5.19. The molecule has 2 aliphatic rings. The number of allylic oxidation sites excluding steroid dienone is 2. The molecule has 1 saturated carbocycles. The van der Waals surface area contributed by atoms with Crippen molar-refractivity contribution in [3.63, 3.8) is 0 Å². The van der Waals surface area contributed by atoms with Crippen LogP contribution in [-0.4, -0.2) is 21.8 Å². The molecule has 4 heteroatoms. The van der Waals surface area contributed by atoms with E-state index in [1.807, 2.05) is 24.3 Å². The second-order valence-electron chi connectivity index (χ2n) is 5.67. The molecule has 1 heterocycles. The predicted molar refractivity (Wildman–Crippen MR) is 72.9 cm³/mol. The average molecular weight is 271 g/mol. The Morgan fingerprint density at radius 2 is 2.00 bits per heavy atom. The first-order valence-corrected chi connectivity index (χ1v) is 6.99. The molecule has 0 saturated heterocycles. The lowest BCUT2D eigenvalue weighted by atomic mass is 9.79. The number of pyridine rings is 1. The number of carbonyl (C=O) groups is 2. The van der Waals surface area contributed by atoms with Crippen LogP contribution in [0, 0.1) is 23.7 Å². The fourth-order valence-electron chi connectivity index (χ4n) is 3.58. The topological polar surface area (TPSA) is 67.3 Å². The summed E-state index contributed by atoms with van der Waals surface area (Å²) >= 11 is 0. The number of aryl methyl sites for hydroxylation is 1. The standard InChI is InChI=1S/C16H17NO3/c18-13(6-3-10-2-1-7-17-9-10)14-11-4-5-12(8-11)15(14)16(19)20/h1-2,4-5,7,9,11-12,14-15H,3,6,8H2,(H,19,20)/t11-,12+,14-,15+/m1/s1. The summed E-state index contributed by atoms with van der Waals surface area (Å²) in [4.78, 5) is 27.8. The minimum atomic E-state index is -0.832. The van der Waals surface area contributed by atoms with Crippen LogP contribution in [0.25, 0.3) is 0 Å². The monoisotopic (exact) mass is 271 g/mol. The second-order valence-corrected chi connectivity index (χ2v) is 5.67. The van der Waals surface area contributed by atoms with Gasteiger partial charge in [-0.2, -0.15) is 0 Å². The fourth-order valence-corrected chi connectivity index (χ4v) is 3.58. The molecule has 4 nitrogen and oxygen atoms in total. The van der Waals surface area contributed by atoms with Gasteiger partial charge in [0.2, 0.25) is 0 Å². The molecule has 0 aliphatic heterocycles. The summed E-state index contributed by atoms with van der Waals surface area (Å²) in [6, 6.07) is 3.79. The molecule has 0 aromatic carbocycles. The molecule has 0 radical (unpaired) electrons. The number of nitrogens with zero attached hydrogens (tertiary/aromatic N) is 1. The minimum absolute atomic E-state index is 0.0461. The highest BCUT2D eigenvalue weighted by molar-refractivity contribution is 5.88. The van der Waals surface area contributed by atoms with Gasteiger partial charge in [0.05, 0.1) is 5.92 Å². The number of rotatable bonds is 5. The van der Waals surface area contributed by atoms with Gasteiger partial charge in [-0.05, 0) is 36.3 Å². The molecule has 3 rings (SSSR count). The van der Waals surface area contributed by atoms with Gasteiger partial charge in [-0.3, -0.25) is 14.6 Å². The average Bonchev–Trinajstić information content (AvgIpc) is 3.06. The molecule has 1 N–H and O–H groups in total. The smallest absolute Gasteiger partial charge is 0.307 e. The maximum Gasteiger partial charge on any atom is 0.307 e. The van der Waals surface area contributed by atoms with Crippen LogP contribution in [0.4, 0.5) is 0 Å². The number of hydrogen-bond donors (Lipinski definition) is 1. The van der Waals surface area contributed by atoms with Gasteiger partial charge in [-0.25, -0.2) is 0 Å². The lowest BCUT2D eigenvalue weighted by Gasteiger charge is -2.23. The van der Waals surface area contributed by atoms with E-state index in [0.717, 1.165) is 12.0 Å². The Morgan fingerprint density at radius 1 is 1.25 bits per heavy atom. The van der Waals surface area contributed by atoms with E-state index in [2.05, 4.69) is 4.98 Å². The Bertz CT molecular complexity index is 552. The van der Waals surface area contributed by atoms with E-state index in [9.17, 15) is 14.7 Å². The number of aromatic nitrogens is 1. The first kappa shape index (κ1) is 13.0. The largest absolute Gasteiger partial charge is 0.481 e. The molecular formula is C16H17NO3. The summed E-state index contributed by atoms with van der Waals surface area (Å²) in [5.74, 6) is -1.43. The maximum atomic E-state index is 12.4. The third-order valence-corrected chi connectivity index (χ3v) is 4.50. The summed E-state index contributed by atoms with van der Waals surface area (Å²) < 4.78 is 0. The Labute approximate surface area is 117 Å². The molecule has 1 aromatic rings. The number of aliphatic carboxylic acids is 1. The van der Waals surface area contributed by atoms with Gasteiger partial charge < -0.3 is 5.11 Å². The highest BCUT2D eigenvalue weighted by Crippen LogP contribution is 2.48. The number of carboxylic acid groups (broad SMARTS) is 1. The number of hydrogen-bond acceptors (Lipinski definition) is 3. The van der Waals surface area contributed by atoms with Crippen molar-refractivity contribution in [1.82, 2.24) is 4.98 Å². The molecule has 0 spiro atoms. The molecule has 1 aromatic heterocycles. The van der Waals surface area contributed by atoms with Crippen LogP contribution in [0.3, 0.4) is 0 Å². The van der Waals surface area contributed by atoms with Gasteiger partial charge in [0, 0.05) is 24.7 Å². The molecule has 2 bridgehead atoms. The van der Waals surface area contributed by atoms with Crippen molar-refractivity contribution in [3.05, 3.63) is 42.2 Å². The van der Waals surface area contributed by atoms with Crippen molar-refractivity contribution in [2.75, 3.05) is 0 Å².